The number of carbonyl (C=O) groups is 1. The third-order valence-corrected chi connectivity index (χ3v) is 2.23. The van der Waals surface area contributed by atoms with Crippen molar-refractivity contribution >= 4 is 23.6 Å². The van der Waals surface area contributed by atoms with E-state index in [0.29, 0.717) is 0 Å². The molecule has 0 atom stereocenters. The third-order valence-electron chi connectivity index (χ3n) is 1.29. The highest BCUT2D eigenvalue weighted by molar-refractivity contribution is 7.13. The number of carbonyl (C=O) groups excluding carboxylic acids is 1. The van der Waals surface area contributed by atoms with Crippen LogP contribution in [0.1, 0.15) is 9.75 Å². The standard InChI is InChI=1S/C8H10N2O2S/c1-6-3-4-7(13-6)5-9-10-8(11)12-2/h3-5H,1-2H3,(H,10,11). The van der Waals surface area contributed by atoms with Gasteiger partial charge in [-0.25, -0.2) is 10.2 Å². The molecule has 1 amide bonds. The second-order valence-electron chi connectivity index (χ2n) is 2.31. The van der Waals surface area contributed by atoms with Crippen molar-refractivity contribution in [2.45, 2.75) is 6.92 Å². The van der Waals surface area contributed by atoms with Gasteiger partial charge >= 0.3 is 6.09 Å². The Balaban J connectivity index is 2.45. The zero-order valence-corrected chi connectivity index (χ0v) is 8.22. The lowest BCUT2D eigenvalue weighted by molar-refractivity contribution is 0.171. The fourth-order valence-corrected chi connectivity index (χ4v) is 1.47. The van der Waals surface area contributed by atoms with Crippen LogP contribution in [0.5, 0.6) is 0 Å². The van der Waals surface area contributed by atoms with Crippen molar-refractivity contribution in [3.8, 4) is 0 Å². The number of hydrogen-bond donors (Lipinski definition) is 1. The van der Waals surface area contributed by atoms with Gasteiger partial charge in [0.05, 0.1) is 13.3 Å². The summed E-state index contributed by atoms with van der Waals surface area (Å²) in [6.45, 7) is 2.01. The number of aryl methyl sites for hydroxylation is 1. The topological polar surface area (TPSA) is 50.7 Å². The summed E-state index contributed by atoms with van der Waals surface area (Å²) in [4.78, 5) is 12.8. The lowest BCUT2D eigenvalue weighted by atomic mass is 10.4. The van der Waals surface area contributed by atoms with Gasteiger partial charge in [-0.05, 0) is 19.1 Å². The number of hydrogen-bond acceptors (Lipinski definition) is 4. The zero-order chi connectivity index (χ0) is 9.68. The van der Waals surface area contributed by atoms with Crippen LogP contribution < -0.4 is 5.43 Å². The van der Waals surface area contributed by atoms with Gasteiger partial charge in [-0.15, -0.1) is 11.3 Å². The fraction of sp³-hybridized carbons (Fsp3) is 0.250. The number of thiophene rings is 1. The van der Waals surface area contributed by atoms with Gasteiger partial charge in [-0.3, -0.25) is 0 Å². The van der Waals surface area contributed by atoms with Gasteiger partial charge in [0.25, 0.3) is 0 Å². The summed E-state index contributed by atoms with van der Waals surface area (Å²) in [5.41, 5.74) is 2.21. The van der Waals surface area contributed by atoms with Gasteiger partial charge in [0.1, 0.15) is 0 Å². The average Bonchev–Trinajstić information content (AvgIpc) is 2.51. The van der Waals surface area contributed by atoms with Gasteiger partial charge in [0.15, 0.2) is 0 Å². The minimum absolute atomic E-state index is 0.565. The van der Waals surface area contributed by atoms with E-state index in [1.165, 1.54) is 12.0 Å². The van der Waals surface area contributed by atoms with E-state index >= 15 is 0 Å². The first-order valence-corrected chi connectivity index (χ1v) is 4.47. The Bertz CT molecular complexity index is 320. The summed E-state index contributed by atoms with van der Waals surface area (Å²) in [5, 5.41) is 3.69. The molecule has 13 heavy (non-hydrogen) atoms. The third kappa shape index (κ3) is 3.25. The number of nitrogens with one attached hydrogen (secondary N) is 1. The van der Waals surface area contributed by atoms with Crippen LogP contribution in [-0.4, -0.2) is 19.4 Å². The highest BCUT2D eigenvalue weighted by atomic mass is 32.1. The Morgan fingerprint density at radius 2 is 2.46 bits per heavy atom. The number of amides is 1. The summed E-state index contributed by atoms with van der Waals surface area (Å²) in [5.74, 6) is 0. The van der Waals surface area contributed by atoms with Crippen LogP contribution in [0.3, 0.4) is 0 Å². The molecule has 0 aromatic carbocycles. The quantitative estimate of drug-likeness (QED) is 0.581. The van der Waals surface area contributed by atoms with E-state index < -0.39 is 6.09 Å². The average molecular weight is 198 g/mol. The lowest BCUT2D eigenvalue weighted by Crippen LogP contribution is -2.16. The van der Waals surface area contributed by atoms with Crippen LogP contribution in [-0.2, 0) is 4.74 Å². The Morgan fingerprint density at radius 3 is 3.00 bits per heavy atom. The molecule has 0 aliphatic heterocycles. The predicted octanol–water partition coefficient (Wildman–Crippen LogP) is 1.75. The molecule has 1 aromatic heterocycles. The van der Waals surface area contributed by atoms with E-state index in [1.807, 2.05) is 19.1 Å². The van der Waals surface area contributed by atoms with E-state index in [9.17, 15) is 4.79 Å². The van der Waals surface area contributed by atoms with Crippen LogP contribution in [0.25, 0.3) is 0 Å². The maximum absolute atomic E-state index is 10.6. The summed E-state index contributed by atoms with van der Waals surface area (Å²) in [6.07, 6.45) is 1.01. The summed E-state index contributed by atoms with van der Waals surface area (Å²) >= 11 is 1.61. The second-order valence-corrected chi connectivity index (χ2v) is 3.63. The smallest absolute Gasteiger partial charge is 0.427 e. The van der Waals surface area contributed by atoms with Crippen molar-refractivity contribution in [2.24, 2.45) is 5.10 Å². The molecule has 1 heterocycles. The molecule has 1 rings (SSSR count). The molecule has 0 saturated heterocycles. The first kappa shape index (κ1) is 9.73. The lowest BCUT2D eigenvalue weighted by Gasteiger charge is -1.93. The van der Waals surface area contributed by atoms with Crippen LogP contribution in [0.15, 0.2) is 17.2 Å². The van der Waals surface area contributed by atoms with E-state index in [4.69, 9.17) is 0 Å². The molecular formula is C8H10N2O2S. The molecule has 5 heteroatoms. The largest absolute Gasteiger partial charge is 0.452 e. The summed E-state index contributed by atoms with van der Waals surface area (Å²) in [7, 11) is 1.29. The first-order chi connectivity index (χ1) is 6.22. The molecule has 1 aromatic rings. The molecule has 0 fully saturated rings. The highest BCUT2D eigenvalue weighted by Crippen LogP contribution is 2.12. The molecule has 70 valence electrons. The van der Waals surface area contributed by atoms with Gasteiger partial charge in [-0.2, -0.15) is 5.10 Å². The van der Waals surface area contributed by atoms with Crippen molar-refractivity contribution in [3.05, 3.63) is 21.9 Å². The van der Waals surface area contributed by atoms with Gasteiger partial charge in [-0.1, -0.05) is 0 Å². The maximum Gasteiger partial charge on any atom is 0.427 e. The maximum atomic E-state index is 10.6. The highest BCUT2D eigenvalue weighted by Gasteiger charge is 1.94. The van der Waals surface area contributed by atoms with E-state index in [0.717, 1.165) is 4.88 Å². The molecule has 0 aliphatic carbocycles. The van der Waals surface area contributed by atoms with Gasteiger partial charge in [0.2, 0.25) is 0 Å². The summed E-state index contributed by atoms with van der Waals surface area (Å²) in [6, 6.07) is 3.92. The van der Waals surface area contributed by atoms with Crippen LogP contribution >= 0.6 is 11.3 Å². The van der Waals surface area contributed by atoms with Crippen molar-refractivity contribution in [2.75, 3.05) is 7.11 Å². The summed E-state index contributed by atoms with van der Waals surface area (Å²) < 4.78 is 4.33. The number of rotatable bonds is 2. The normalized spacial score (nSPS) is 10.3. The van der Waals surface area contributed by atoms with Gasteiger partial charge < -0.3 is 4.74 Å². The Hall–Kier alpha value is -1.36. The molecule has 0 bridgehead atoms. The van der Waals surface area contributed by atoms with Gasteiger partial charge in [0, 0.05) is 9.75 Å². The first-order valence-electron chi connectivity index (χ1n) is 3.66. The number of nitrogens with zero attached hydrogens (tertiary/aromatic N) is 1. The van der Waals surface area contributed by atoms with Crippen LogP contribution in [0.4, 0.5) is 4.79 Å². The van der Waals surface area contributed by atoms with Crippen LogP contribution in [0, 0.1) is 6.92 Å². The molecule has 0 unspecified atom stereocenters. The Morgan fingerprint density at radius 1 is 1.69 bits per heavy atom. The minimum Gasteiger partial charge on any atom is -0.452 e. The van der Waals surface area contributed by atoms with Crippen molar-refractivity contribution < 1.29 is 9.53 Å². The monoisotopic (exact) mass is 198 g/mol. The fourth-order valence-electron chi connectivity index (χ4n) is 0.717. The van der Waals surface area contributed by atoms with Crippen molar-refractivity contribution in [3.63, 3.8) is 0 Å². The zero-order valence-electron chi connectivity index (χ0n) is 7.40. The number of methoxy groups -OCH3 is 1. The molecule has 0 saturated carbocycles. The van der Waals surface area contributed by atoms with E-state index in [2.05, 4.69) is 15.3 Å². The molecule has 0 spiro atoms. The number of ether oxygens (including phenoxy) is 1. The Kier molecular flexibility index (Phi) is 3.45. The predicted molar refractivity (Wildman–Crippen MR) is 52.2 cm³/mol. The molecular weight excluding hydrogens is 188 g/mol. The molecule has 0 aliphatic rings. The van der Waals surface area contributed by atoms with E-state index in [-0.39, 0.29) is 0 Å². The van der Waals surface area contributed by atoms with E-state index in [1.54, 1.807) is 17.6 Å². The SMILES string of the molecule is COC(=O)NN=Cc1ccc(C)s1. The van der Waals surface area contributed by atoms with Crippen molar-refractivity contribution in [1.29, 1.82) is 0 Å². The van der Waals surface area contributed by atoms with Crippen LogP contribution in [0.2, 0.25) is 0 Å². The molecule has 0 radical (unpaired) electrons. The number of hydrazone groups is 1. The molecule has 4 nitrogen and oxygen atoms in total. The minimum atomic E-state index is -0.565. The second kappa shape index (κ2) is 4.61. The van der Waals surface area contributed by atoms with Crippen molar-refractivity contribution in [1.82, 2.24) is 5.43 Å². The molecule has 1 N–H and O–H groups in total. The Labute approximate surface area is 80.2 Å².